The zero-order valence-corrected chi connectivity index (χ0v) is 10.4. The van der Waals surface area contributed by atoms with Crippen LogP contribution in [0.2, 0.25) is 0 Å². The second-order valence-corrected chi connectivity index (χ2v) is 6.13. The van der Waals surface area contributed by atoms with Crippen LogP contribution in [0.25, 0.3) is 0 Å². The van der Waals surface area contributed by atoms with Crippen molar-refractivity contribution < 1.29 is 0 Å². The Bertz CT molecular complexity index is 237. The molecular weight excluding hydrogens is 196 g/mol. The molecule has 0 bridgehead atoms. The van der Waals surface area contributed by atoms with E-state index in [-0.39, 0.29) is 0 Å². The molecule has 1 heterocycles. The molecule has 2 aliphatic carbocycles. The lowest BCUT2D eigenvalue weighted by atomic mass is 9.72. The lowest BCUT2D eigenvalue weighted by Gasteiger charge is -2.53. The van der Waals surface area contributed by atoms with Crippen molar-refractivity contribution in [2.24, 2.45) is 17.6 Å². The molecule has 3 fully saturated rings. The van der Waals surface area contributed by atoms with Crippen LogP contribution >= 0.6 is 0 Å². The van der Waals surface area contributed by atoms with Crippen LogP contribution in [0.15, 0.2) is 0 Å². The van der Waals surface area contributed by atoms with E-state index in [0.29, 0.717) is 0 Å². The topological polar surface area (TPSA) is 29.3 Å². The maximum Gasteiger partial charge on any atom is 0.0139 e. The van der Waals surface area contributed by atoms with Gasteiger partial charge in [-0.25, -0.2) is 0 Å². The summed E-state index contributed by atoms with van der Waals surface area (Å²) in [5.74, 6) is 1.85. The smallest absolute Gasteiger partial charge is 0.0139 e. The highest BCUT2D eigenvalue weighted by Crippen LogP contribution is 2.41. The van der Waals surface area contributed by atoms with Gasteiger partial charge in [0.2, 0.25) is 0 Å². The summed E-state index contributed by atoms with van der Waals surface area (Å²) in [6, 6.07) is 1.79. The van der Waals surface area contributed by atoms with E-state index in [4.69, 9.17) is 5.73 Å². The quantitative estimate of drug-likeness (QED) is 0.777. The van der Waals surface area contributed by atoms with E-state index in [2.05, 4.69) is 4.90 Å². The standard InChI is InChI=1S/C14H26N2/c15-10-12-7-8-14(12)16-9-3-5-11-4-1-2-6-13(11)16/h11-14H,1-10,15H2. The fourth-order valence-electron chi connectivity index (χ4n) is 4.34. The minimum absolute atomic E-state index is 0.820. The predicted molar refractivity (Wildman–Crippen MR) is 67.3 cm³/mol. The molecule has 0 aromatic heterocycles. The molecule has 92 valence electrons. The van der Waals surface area contributed by atoms with Gasteiger partial charge in [0.05, 0.1) is 0 Å². The molecule has 4 atom stereocenters. The van der Waals surface area contributed by atoms with Gasteiger partial charge in [0.15, 0.2) is 0 Å². The number of nitrogens with zero attached hydrogens (tertiary/aromatic N) is 1. The number of hydrogen-bond donors (Lipinski definition) is 1. The third kappa shape index (κ3) is 1.80. The number of hydrogen-bond acceptors (Lipinski definition) is 2. The van der Waals surface area contributed by atoms with Crippen LogP contribution in [-0.4, -0.2) is 30.1 Å². The van der Waals surface area contributed by atoms with Crippen LogP contribution in [0.5, 0.6) is 0 Å². The van der Waals surface area contributed by atoms with Gasteiger partial charge in [-0.2, -0.15) is 0 Å². The van der Waals surface area contributed by atoms with E-state index < -0.39 is 0 Å². The molecule has 0 aromatic carbocycles. The summed E-state index contributed by atoms with van der Waals surface area (Å²) in [5.41, 5.74) is 5.87. The van der Waals surface area contributed by atoms with Gasteiger partial charge >= 0.3 is 0 Å². The van der Waals surface area contributed by atoms with E-state index in [1.165, 1.54) is 57.9 Å². The third-order valence-corrected chi connectivity index (χ3v) is 5.39. The Balaban J connectivity index is 1.68. The van der Waals surface area contributed by atoms with Gasteiger partial charge in [0, 0.05) is 12.1 Å². The lowest BCUT2D eigenvalue weighted by Crippen LogP contribution is -2.58. The Kier molecular flexibility index (Phi) is 3.21. The highest BCUT2D eigenvalue weighted by molar-refractivity contribution is 4.96. The van der Waals surface area contributed by atoms with Crippen molar-refractivity contribution in [3.8, 4) is 0 Å². The van der Waals surface area contributed by atoms with Crippen molar-refractivity contribution in [1.29, 1.82) is 0 Å². The van der Waals surface area contributed by atoms with Gasteiger partial charge in [-0.3, -0.25) is 4.90 Å². The van der Waals surface area contributed by atoms with E-state index in [9.17, 15) is 0 Å². The molecule has 0 spiro atoms. The number of fused-ring (bicyclic) bond motifs is 1. The SMILES string of the molecule is NCC1CCC1N1CCCC2CCCCC21. The normalized spacial score (nSPS) is 44.8. The van der Waals surface area contributed by atoms with Gasteiger partial charge < -0.3 is 5.73 Å². The summed E-state index contributed by atoms with van der Waals surface area (Å²) in [6.07, 6.45) is 11.7. The molecule has 1 saturated heterocycles. The van der Waals surface area contributed by atoms with Crippen LogP contribution in [0.1, 0.15) is 51.4 Å². The molecule has 3 aliphatic rings. The second kappa shape index (κ2) is 4.66. The highest BCUT2D eigenvalue weighted by Gasteiger charge is 2.42. The highest BCUT2D eigenvalue weighted by atomic mass is 15.2. The molecule has 2 saturated carbocycles. The summed E-state index contributed by atoms with van der Waals surface area (Å²) in [4.78, 5) is 2.87. The Morgan fingerprint density at radius 1 is 0.875 bits per heavy atom. The monoisotopic (exact) mass is 222 g/mol. The molecule has 3 rings (SSSR count). The van der Waals surface area contributed by atoms with Crippen molar-refractivity contribution in [3.05, 3.63) is 0 Å². The maximum absolute atomic E-state index is 5.87. The van der Waals surface area contributed by atoms with Gasteiger partial charge in [-0.15, -0.1) is 0 Å². The minimum atomic E-state index is 0.820. The number of rotatable bonds is 2. The first-order valence-electron chi connectivity index (χ1n) is 7.36. The number of piperidine rings is 1. The Hall–Kier alpha value is -0.0800. The second-order valence-electron chi connectivity index (χ2n) is 6.13. The summed E-state index contributed by atoms with van der Waals surface area (Å²) in [7, 11) is 0. The van der Waals surface area contributed by atoms with Gasteiger partial charge in [-0.05, 0) is 63.5 Å². The predicted octanol–water partition coefficient (Wildman–Crippen LogP) is 2.38. The van der Waals surface area contributed by atoms with Crippen molar-refractivity contribution in [2.45, 2.75) is 63.5 Å². The van der Waals surface area contributed by atoms with Gasteiger partial charge in [-0.1, -0.05) is 12.8 Å². The van der Waals surface area contributed by atoms with Crippen molar-refractivity contribution in [3.63, 3.8) is 0 Å². The van der Waals surface area contributed by atoms with Gasteiger partial charge in [0.25, 0.3) is 0 Å². The molecule has 0 radical (unpaired) electrons. The molecule has 2 heteroatoms. The van der Waals surface area contributed by atoms with Crippen molar-refractivity contribution in [1.82, 2.24) is 4.90 Å². The van der Waals surface area contributed by atoms with E-state index in [1.807, 2.05) is 0 Å². The van der Waals surface area contributed by atoms with Crippen LogP contribution in [0.3, 0.4) is 0 Å². The Morgan fingerprint density at radius 3 is 2.44 bits per heavy atom. The Labute approximate surface area is 99.6 Å². The average molecular weight is 222 g/mol. The van der Waals surface area contributed by atoms with Crippen LogP contribution in [0, 0.1) is 11.8 Å². The van der Waals surface area contributed by atoms with Crippen molar-refractivity contribution >= 4 is 0 Å². The minimum Gasteiger partial charge on any atom is -0.330 e. The third-order valence-electron chi connectivity index (χ3n) is 5.39. The van der Waals surface area contributed by atoms with E-state index in [0.717, 1.165) is 30.5 Å². The molecule has 0 aromatic rings. The number of nitrogens with two attached hydrogens (primary N) is 1. The fourth-order valence-corrected chi connectivity index (χ4v) is 4.34. The fraction of sp³-hybridized carbons (Fsp3) is 1.00. The molecule has 0 amide bonds. The molecule has 4 unspecified atom stereocenters. The lowest BCUT2D eigenvalue weighted by molar-refractivity contribution is -0.0297. The zero-order chi connectivity index (χ0) is 11.0. The van der Waals surface area contributed by atoms with E-state index in [1.54, 1.807) is 0 Å². The Morgan fingerprint density at radius 2 is 1.69 bits per heavy atom. The van der Waals surface area contributed by atoms with Crippen LogP contribution in [0.4, 0.5) is 0 Å². The maximum atomic E-state index is 5.87. The van der Waals surface area contributed by atoms with E-state index >= 15 is 0 Å². The molecule has 2 N–H and O–H groups in total. The zero-order valence-electron chi connectivity index (χ0n) is 10.4. The van der Waals surface area contributed by atoms with Crippen LogP contribution in [-0.2, 0) is 0 Å². The molecular formula is C14H26N2. The first-order valence-corrected chi connectivity index (χ1v) is 7.36. The number of likely N-dealkylation sites (tertiary alicyclic amines) is 1. The average Bonchev–Trinajstić information content (AvgIpc) is 2.29. The summed E-state index contributed by atoms with van der Waals surface area (Å²) in [5, 5.41) is 0. The largest absolute Gasteiger partial charge is 0.330 e. The summed E-state index contributed by atoms with van der Waals surface area (Å²) >= 11 is 0. The summed E-state index contributed by atoms with van der Waals surface area (Å²) < 4.78 is 0. The van der Waals surface area contributed by atoms with Gasteiger partial charge in [0.1, 0.15) is 0 Å². The van der Waals surface area contributed by atoms with Crippen molar-refractivity contribution in [2.75, 3.05) is 13.1 Å². The molecule has 2 nitrogen and oxygen atoms in total. The van der Waals surface area contributed by atoms with Crippen LogP contribution < -0.4 is 5.73 Å². The molecule has 1 aliphatic heterocycles. The molecule has 16 heavy (non-hydrogen) atoms. The summed E-state index contributed by atoms with van der Waals surface area (Å²) in [6.45, 7) is 2.28. The first-order chi connectivity index (χ1) is 7.90. The first kappa shape index (κ1) is 11.0.